The normalized spacial score (nSPS) is 15.0. The zero-order valence-corrected chi connectivity index (χ0v) is 19.8. The van der Waals surface area contributed by atoms with Crippen LogP contribution in [0.5, 0.6) is 0 Å². The summed E-state index contributed by atoms with van der Waals surface area (Å²) in [6, 6.07) is 21.8. The first-order valence-electron chi connectivity index (χ1n) is 11.9. The number of aryl methyl sites for hydroxylation is 1. The molecule has 7 heteroatoms. The number of hydrogen-bond donors (Lipinski definition) is 1. The molecule has 1 fully saturated rings. The molecular weight excluding hydrogens is 438 g/mol. The fraction of sp³-hybridized carbons (Fsp3) is 0.250. The quantitative estimate of drug-likeness (QED) is 0.444. The fourth-order valence-electron chi connectivity index (χ4n) is 4.28. The minimum Gasteiger partial charge on any atom is -0.379 e. The summed E-state index contributed by atoms with van der Waals surface area (Å²) in [6.07, 6.45) is 5.25. The van der Waals surface area contributed by atoms with Gasteiger partial charge in [0.2, 0.25) is 0 Å². The Balaban J connectivity index is 1.48. The first-order valence-corrected chi connectivity index (χ1v) is 11.9. The summed E-state index contributed by atoms with van der Waals surface area (Å²) in [6.45, 7) is 5.91. The van der Waals surface area contributed by atoms with Crippen molar-refractivity contribution in [3.8, 4) is 16.9 Å². The number of para-hydroxylation sites is 1. The van der Waals surface area contributed by atoms with E-state index in [0.717, 1.165) is 29.9 Å². The van der Waals surface area contributed by atoms with E-state index in [-0.39, 0.29) is 11.9 Å². The van der Waals surface area contributed by atoms with Gasteiger partial charge in [0.25, 0.3) is 5.91 Å². The molecule has 35 heavy (non-hydrogen) atoms. The summed E-state index contributed by atoms with van der Waals surface area (Å²) < 4.78 is 7.27. The van der Waals surface area contributed by atoms with E-state index in [2.05, 4.69) is 46.4 Å². The van der Waals surface area contributed by atoms with Crippen molar-refractivity contribution in [1.82, 2.24) is 25.0 Å². The van der Waals surface area contributed by atoms with Gasteiger partial charge in [0.05, 0.1) is 30.5 Å². The number of benzene rings is 2. The maximum absolute atomic E-state index is 13.7. The maximum atomic E-state index is 13.7. The second-order valence-electron chi connectivity index (χ2n) is 8.76. The molecule has 5 rings (SSSR count). The number of hydrogen-bond acceptors (Lipinski definition) is 5. The van der Waals surface area contributed by atoms with Crippen molar-refractivity contribution >= 4 is 5.91 Å². The summed E-state index contributed by atoms with van der Waals surface area (Å²) in [4.78, 5) is 20.3. The number of pyridine rings is 1. The average molecular weight is 468 g/mol. The smallest absolute Gasteiger partial charge is 0.255 e. The second-order valence-corrected chi connectivity index (χ2v) is 8.76. The summed E-state index contributed by atoms with van der Waals surface area (Å²) in [7, 11) is 0. The first-order chi connectivity index (χ1) is 17.2. The van der Waals surface area contributed by atoms with Gasteiger partial charge in [-0.1, -0.05) is 48.0 Å². The van der Waals surface area contributed by atoms with Crippen LogP contribution in [0.2, 0.25) is 0 Å². The van der Waals surface area contributed by atoms with Crippen LogP contribution in [-0.4, -0.2) is 58.4 Å². The Bertz CT molecular complexity index is 1250. The van der Waals surface area contributed by atoms with Crippen molar-refractivity contribution in [2.75, 3.05) is 32.8 Å². The molecule has 3 heterocycles. The predicted molar refractivity (Wildman–Crippen MR) is 135 cm³/mol. The number of rotatable bonds is 7. The zero-order chi connectivity index (χ0) is 24.0. The highest BCUT2D eigenvalue weighted by molar-refractivity contribution is 6.00. The monoisotopic (exact) mass is 467 g/mol. The highest BCUT2D eigenvalue weighted by Gasteiger charge is 2.24. The van der Waals surface area contributed by atoms with Gasteiger partial charge in [0.15, 0.2) is 0 Å². The Morgan fingerprint density at radius 2 is 1.80 bits per heavy atom. The van der Waals surface area contributed by atoms with Gasteiger partial charge in [-0.15, -0.1) is 0 Å². The third-order valence-electron chi connectivity index (χ3n) is 6.24. The minimum absolute atomic E-state index is 0.162. The van der Waals surface area contributed by atoms with Crippen LogP contribution in [0.25, 0.3) is 16.9 Å². The first kappa shape index (κ1) is 23.0. The number of nitrogens with one attached hydrogen (secondary N) is 1. The molecule has 1 N–H and O–H groups in total. The molecule has 1 atom stereocenters. The molecule has 1 aliphatic rings. The SMILES string of the molecule is Cc1ccc([C@@H](CN2CCOCC2)NC(=O)c2cn(-c3ccccc3)nc2-c2cccnc2)cc1. The number of carbonyl (C=O) groups is 1. The van der Waals surface area contributed by atoms with Crippen molar-refractivity contribution < 1.29 is 9.53 Å². The van der Waals surface area contributed by atoms with E-state index in [1.807, 2.05) is 42.5 Å². The molecule has 0 aliphatic carbocycles. The summed E-state index contributed by atoms with van der Waals surface area (Å²) in [5.74, 6) is -0.162. The Kier molecular flexibility index (Phi) is 6.97. The van der Waals surface area contributed by atoms with Crippen LogP contribution >= 0.6 is 0 Å². The second kappa shape index (κ2) is 10.6. The lowest BCUT2D eigenvalue weighted by atomic mass is 10.0. The van der Waals surface area contributed by atoms with Crippen LogP contribution in [0.3, 0.4) is 0 Å². The molecule has 0 radical (unpaired) electrons. The highest BCUT2D eigenvalue weighted by Crippen LogP contribution is 2.25. The third-order valence-corrected chi connectivity index (χ3v) is 6.24. The largest absolute Gasteiger partial charge is 0.379 e. The fourth-order valence-corrected chi connectivity index (χ4v) is 4.28. The summed E-state index contributed by atoms with van der Waals surface area (Å²) in [5.41, 5.74) is 5.07. The summed E-state index contributed by atoms with van der Waals surface area (Å²) in [5, 5.41) is 8.06. The van der Waals surface area contributed by atoms with Gasteiger partial charge in [-0.2, -0.15) is 5.10 Å². The van der Waals surface area contributed by atoms with Gasteiger partial charge in [-0.25, -0.2) is 4.68 Å². The van der Waals surface area contributed by atoms with Crippen molar-refractivity contribution in [2.45, 2.75) is 13.0 Å². The van der Waals surface area contributed by atoms with Crippen LogP contribution in [0.4, 0.5) is 0 Å². The van der Waals surface area contributed by atoms with E-state index in [1.165, 1.54) is 5.56 Å². The molecule has 1 saturated heterocycles. The van der Waals surface area contributed by atoms with Crippen LogP contribution in [-0.2, 0) is 4.74 Å². The highest BCUT2D eigenvalue weighted by atomic mass is 16.5. The van der Waals surface area contributed by atoms with E-state index in [9.17, 15) is 4.79 Å². The zero-order valence-electron chi connectivity index (χ0n) is 19.8. The lowest BCUT2D eigenvalue weighted by Gasteiger charge is -2.31. The number of morpholine rings is 1. The molecule has 7 nitrogen and oxygen atoms in total. The van der Waals surface area contributed by atoms with Gasteiger partial charge in [0.1, 0.15) is 5.69 Å². The third kappa shape index (κ3) is 5.48. The van der Waals surface area contributed by atoms with Crippen LogP contribution in [0.1, 0.15) is 27.5 Å². The van der Waals surface area contributed by atoms with E-state index >= 15 is 0 Å². The lowest BCUT2D eigenvalue weighted by molar-refractivity contribution is 0.0332. The molecule has 1 amide bonds. The molecule has 2 aromatic heterocycles. The van der Waals surface area contributed by atoms with E-state index < -0.39 is 0 Å². The van der Waals surface area contributed by atoms with E-state index in [1.54, 1.807) is 23.3 Å². The molecule has 0 spiro atoms. The van der Waals surface area contributed by atoms with Crippen molar-refractivity contribution in [2.24, 2.45) is 0 Å². The molecule has 2 aromatic carbocycles. The molecule has 0 saturated carbocycles. The molecule has 1 aliphatic heterocycles. The number of nitrogens with zero attached hydrogens (tertiary/aromatic N) is 4. The van der Waals surface area contributed by atoms with E-state index in [0.29, 0.717) is 31.0 Å². The van der Waals surface area contributed by atoms with Crippen LogP contribution in [0.15, 0.2) is 85.3 Å². The Hall–Kier alpha value is -3.81. The molecule has 178 valence electrons. The number of ether oxygens (including phenoxy) is 1. The van der Waals surface area contributed by atoms with Gasteiger partial charge >= 0.3 is 0 Å². The van der Waals surface area contributed by atoms with Crippen molar-refractivity contribution in [3.63, 3.8) is 0 Å². The molecular formula is C28H29N5O2. The molecule has 4 aromatic rings. The van der Waals surface area contributed by atoms with Gasteiger partial charge in [-0.05, 0) is 36.8 Å². The van der Waals surface area contributed by atoms with Gasteiger partial charge in [0, 0.05) is 43.8 Å². The standard InChI is InChI=1S/C28H29N5O2/c1-21-9-11-22(12-10-21)26(20-32-14-16-35-17-15-32)30-28(34)25-19-33(24-7-3-2-4-8-24)31-27(25)23-6-5-13-29-18-23/h2-13,18-19,26H,14-17,20H2,1H3,(H,30,34)/t26-/m1/s1. The van der Waals surface area contributed by atoms with Crippen LogP contribution < -0.4 is 5.32 Å². The Morgan fingerprint density at radius 1 is 1.03 bits per heavy atom. The minimum atomic E-state index is -0.164. The van der Waals surface area contributed by atoms with E-state index in [4.69, 9.17) is 9.84 Å². The Labute approximate surface area is 205 Å². The van der Waals surface area contributed by atoms with Crippen molar-refractivity contribution in [1.29, 1.82) is 0 Å². The van der Waals surface area contributed by atoms with Gasteiger partial charge in [-0.3, -0.25) is 14.7 Å². The topological polar surface area (TPSA) is 72.3 Å². The Morgan fingerprint density at radius 3 is 2.51 bits per heavy atom. The molecule has 0 bridgehead atoms. The lowest BCUT2D eigenvalue weighted by Crippen LogP contribution is -2.43. The van der Waals surface area contributed by atoms with Crippen molar-refractivity contribution in [3.05, 3.63) is 102 Å². The van der Waals surface area contributed by atoms with Gasteiger partial charge < -0.3 is 10.1 Å². The van der Waals surface area contributed by atoms with Crippen LogP contribution in [0, 0.1) is 6.92 Å². The number of amides is 1. The predicted octanol–water partition coefficient (Wildman–Crippen LogP) is 4.05. The number of carbonyl (C=O) groups excluding carboxylic acids is 1. The summed E-state index contributed by atoms with van der Waals surface area (Å²) >= 11 is 0. The maximum Gasteiger partial charge on any atom is 0.255 e. The number of aromatic nitrogens is 3. The average Bonchev–Trinajstić information content (AvgIpc) is 3.36. The molecule has 0 unspecified atom stereocenters.